The first-order valence-corrected chi connectivity index (χ1v) is 10.9. The highest BCUT2D eigenvalue weighted by atomic mass is 16.6. The molecule has 162 valence electrons. The van der Waals surface area contributed by atoms with Crippen molar-refractivity contribution in [2.75, 3.05) is 13.6 Å². The molecule has 2 N–H and O–H groups in total. The lowest BCUT2D eigenvalue weighted by Crippen LogP contribution is -2.64. The van der Waals surface area contributed by atoms with Gasteiger partial charge in [0.05, 0.1) is 0 Å². The van der Waals surface area contributed by atoms with Crippen molar-refractivity contribution < 1.29 is 24.5 Å². The van der Waals surface area contributed by atoms with E-state index in [0.717, 1.165) is 30.5 Å². The summed E-state index contributed by atoms with van der Waals surface area (Å²) in [5.74, 6) is 0.662. The van der Waals surface area contributed by atoms with E-state index in [4.69, 9.17) is 9.47 Å². The Morgan fingerprint density at radius 2 is 2.13 bits per heavy atom. The van der Waals surface area contributed by atoms with Crippen LogP contribution in [0.5, 0.6) is 11.5 Å². The van der Waals surface area contributed by atoms with Gasteiger partial charge in [-0.05, 0) is 70.8 Å². The molecule has 2 aliphatic carbocycles. The fourth-order valence-electron chi connectivity index (χ4n) is 6.25. The number of piperidine rings is 1. The topological polar surface area (TPSA) is 79.2 Å². The van der Waals surface area contributed by atoms with Crippen molar-refractivity contribution in [3.63, 3.8) is 0 Å². The number of rotatable bonds is 3. The van der Waals surface area contributed by atoms with Crippen LogP contribution in [0.1, 0.15) is 50.3 Å². The average Bonchev–Trinajstić information content (AvgIpc) is 3.00. The molecule has 5 unspecified atom stereocenters. The number of aryl methyl sites for hydroxylation is 1. The normalized spacial score (nSPS) is 33.8. The monoisotopic (exact) mass is 413 g/mol. The zero-order chi connectivity index (χ0) is 21.4. The van der Waals surface area contributed by atoms with Crippen molar-refractivity contribution in [3.8, 4) is 11.5 Å². The number of aromatic hydroxyl groups is 1. The van der Waals surface area contributed by atoms with Crippen LogP contribution in [0.3, 0.4) is 0 Å². The Hall–Kier alpha value is -2.05. The van der Waals surface area contributed by atoms with Crippen molar-refractivity contribution in [1.82, 2.24) is 4.90 Å². The van der Waals surface area contributed by atoms with Crippen molar-refractivity contribution in [2.45, 2.75) is 75.7 Å². The summed E-state index contributed by atoms with van der Waals surface area (Å²) >= 11 is 0. The van der Waals surface area contributed by atoms with E-state index < -0.39 is 11.7 Å². The molecule has 4 aliphatic rings. The van der Waals surface area contributed by atoms with Gasteiger partial charge >= 0.3 is 5.97 Å². The fraction of sp³-hybridized carbons (Fsp3) is 0.625. The van der Waals surface area contributed by atoms with Crippen LogP contribution in [0.15, 0.2) is 18.2 Å². The highest BCUT2D eigenvalue weighted by Gasteiger charge is 2.64. The second-order valence-corrected chi connectivity index (χ2v) is 10.3. The molecule has 6 heteroatoms. The highest BCUT2D eigenvalue weighted by Crippen LogP contribution is 2.63. The summed E-state index contributed by atoms with van der Waals surface area (Å²) < 4.78 is 11.7. The Morgan fingerprint density at radius 3 is 2.87 bits per heavy atom. The Bertz CT molecular complexity index is 933. The molecule has 2 heterocycles. The lowest BCUT2D eigenvalue weighted by molar-refractivity contribution is -0.154. The van der Waals surface area contributed by atoms with E-state index in [0.29, 0.717) is 18.2 Å². The van der Waals surface area contributed by atoms with Gasteiger partial charge in [0.2, 0.25) is 0 Å². The predicted octanol–water partition coefficient (Wildman–Crippen LogP) is 2.47. The number of aliphatic hydroxyl groups is 1. The third kappa shape index (κ3) is 2.73. The molecule has 0 aromatic heterocycles. The van der Waals surface area contributed by atoms with E-state index in [1.165, 1.54) is 5.56 Å². The molecule has 0 saturated carbocycles. The van der Waals surface area contributed by atoms with Gasteiger partial charge in [-0.3, -0.25) is 4.79 Å². The minimum absolute atomic E-state index is 0.111. The second kappa shape index (κ2) is 6.47. The number of hydrogen-bond donors (Lipinski definition) is 2. The molecule has 1 saturated heterocycles. The molecule has 1 fully saturated rings. The first-order valence-electron chi connectivity index (χ1n) is 10.9. The zero-order valence-electron chi connectivity index (χ0n) is 18.1. The largest absolute Gasteiger partial charge is 0.504 e. The minimum Gasteiger partial charge on any atom is -0.504 e. The van der Waals surface area contributed by atoms with E-state index in [2.05, 4.69) is 18.0 Å². The lowest BCUT2D eigenvalue weighted by Gasteiger charge is -2.56. The first kappa shape index (κ1) is 19.9. The number of hydrogen-bond acceptors (Lipinski definition) is 6. The molecule has 2 bridgehead atoms. The summed E-state index contributed by atoms with van der Waals surface area (Å²) in [6.45, 7) is 6.53. The van der Waals surface area contributed by atoms with Crippen LogP contribution in [0.2, 0.25) is 0 Å². The van der Waals surface area contributed by atoms with Crippen LogP contribution in [-0.4, -0.2) is 58.5 Å². The first-order chi connectivity index (χ1) is 14.1. The molecular weight excluding hydrogens is 382 g/mol. The average molecular weight is 414 g/mol. The molecule has 1 aromatic rings. The van der Waals surface area contributed by atoms with Gasteiger partial charge in [-0.2, -0.15) is 0 Å². The van der Waals surface area contributed by atoms with Gasteiger partial charge in [-0.15, -0.1) is 0 Å². The van der Waals surface area contributed by atoms with Crippen molar-refractivity contribution in [2.24, 2.45) is 5.92 Å². The summed E-state index contributed by atoms with van der Waals surface area (Å²) in [6.07, 6.45) is 5.48. The van der Waals surface area contributed by atoms with Crippen LogP contribution in [-0.2, 0) is 27.8 Å². The Kier molecular flexibility index (Phi) is 4.29. The lowest BCUT2D eigenvalue weighted by atomic mass is 9.53. The molecule has 1 aromatic carbocycles. The third-order valence-corrected chi connectivity index (χ3v) is 7.39. The highest BCUT2D eigenvalue weighted by molar-refractivity contribution is 5.71. The summed E-state index contributed by atoms with van der Waals surface area (Å²) in [6, 6.07) is 2.07. The summed E-state index contributed by atoms with van der Waals surface area (Å²) in [5, 5.41) is 21.6. The third-order valence-electron chi connectivity index (χ3n) is 7.39. The van der Waals surface area contributed by atoms with Crippen LogP contribution in [0.4, 0.5) is 0 Å². The number of carbonyl (C=O) groups excluding carboxylic acids is 1. The maximum atomic E-state index is 12.3. The molecule has 1 spiro atoms. The fourth-order valence-corrected chi connectivity index (χ4v) is 6.25. The maximum absolute atomic E-state index is 12.3. The van der Waals surface area contributed by atoms with Gasteiger partial charge in [-0.25, -0.2) is 0 Å². The summed E-state index contributed by atoms with van der Waals surface area (Å²) in [7, 11) is 2.16. The number of aliphatic hydroxyl groups excluding tert-OH is 1. The van der Waals surface area contributed by atoms with E-state index in [-0.39, 0.29) is 35.6 Å². The van der Waals surface area contributed by atoms with Crippen molar-refractivity contribution in [3.05, 3.63) is 34.9 Å². The Morgan fingerprint density at radius 1 is 1.37 bits per heavy atom. The van der Waals surface area contributed by atoms with Gasteiger partial charge in [-0.1, -0.05) is 12.2 Å². The second-order valence-electron chi connectivity index (χ2n) is 10.3. The molecule has 5 atom stereocenters. The quantitative estimate of drug-likeness (QED) is 0.586. The van der Waals surface area contributed by atoms with Crippen LogP contribution in [0.25, 0.3) is 0 Å². The summed E-state index contributed by atoms with van der Waals surface area (Å²) in [4.78, 5) is 14.7. The molecule has 30 heavy (non-hydrogen) atoms. The number of phenols is 1. The van der Waals surface area contributed by atoms with Crippen molar-refractivity contribution >= 4 is 5.97 Å². The molecule has 5 rings (SSSR count). The molecule has 0 amide bonds. The number of nitrogens with zero attached hydrogens (tertiary/aromatic N) is 1. The number of esters is 1. The van der Waals surface area contributed by atoms with Gasteiger partial charge in [0.25, 0.3) is 0 Å². The van der Waals surface area contributed by atoms with Gasteiger partial charge in [0.1, 0.15) is 17.8 Å². The van der Waals surface area contributed by atoms with Crippen LogP contribution in [0, 0.1) is 5.92 Å². The number of phenolic OH excluding ortho intramolecular Hbond substituents is 1. The maximum Gasteiger partial charge on any atom is 0.306 e. The van der Waals surface area contributed by atoms with Gasteiger partial charge in [0, 0.05) is 29.4 Å². The van der Waals surface area contributed by atoms with Crippen LogP contribution < -0.4 is 4.74 Å². The smallest absolute Gasteiger partial charge is 0.306 e. The van der Waals surface area contributed by atoms with E-state index >= 15 is 0 Å². The van der Waals surface area contributed by atoms with Crippen molar-refractivity contribution in [1.29, 1.82) is 0 Å². The minimum atomic E-state index is -0.687. The molecule has 2 aliphatic heterocycles. The number of likely N-dealkylation sites (N-methyl/N-ethyl adjacent to an activating group) is 1. The Labute approximate surface area is 177 Å². The predicted molar refractivity (Wildman–Crippen MR) is 112 cm³/mol. The van der Waals surface area contributed by atoms with E-state index in [1.54, 1.807) is 6.07 Å². The van der Waals surface area contributed by atoms with E-state index in [9.17, 15) is 15.0 Å². The standard InChI is InChI=1S/C24H31NO5/c1-23(2,3)30-19(28)8-5-13-11-18(27)21-20-14(13)12-16-15-6-7-17(26)22(29-21)24(15,20)9-10-25(16)4/h6-7,11,15-17,22,26-27H,5,8-10,12H2,1-4H3. The Balaban J connectivity index is 1.57. The number of carbonyl (C=O) groups is 1. The molecule has 6 nitrogen and oxygen atoms in total. The zero-order valence-corrected chi connectivity index (χ0v) is 18.1. The van der Waals surface area contributed by atoms with Gasteiger partial charge in [0.15, 0.2) is 11.5 Å². The van der Waals surface area contributed by atoms with Crippen LogP contribution >= 0.6 is 0 Å². The summed E-state index contributed by atoms with van der Waals surface area (Å²) in [5.41, 5.74) is 2.42. The molecular formula is C24H31NO5. The van der Waals surface area contributed by atoms with Gasteiger partial charge < -0.3 is 24.6 Å². The SMILES string of the molecule is CN1CCC23c4c5c(CCC(=O)OC(C)(C)C)cc(O)c4OC2C(O)C=CC3C1C5. The number of ether oxygens (including phenoxy) is 2. The number of likely N-dealkylation sites (tertiary alicyclic amines) is 1. The van der Waals surface area contributed by atoms with E-state index in [1.807, 2.05) is 26.8 Å². The molecule has 0 radical (unpaired) electrons. The number of benzene rings is 1.